The highest BCUT2D eigenvalue weighted by atomic mass is 32.2. The molecule has 0 bridgehead atoms. The molecule has 0 atom stereocenters. The Bertz CT molecular complexity index is 868. The van der Waals surface area contributed by atoms with Crippen molar-refractivity contribution in [3.8, 4) is 0 Å². The van der Waals surface area contributed by atoms with Crippen LogP contribution in [0.25, 0.3) is 0 Å². The molecule has 0 aliphatic carbocycles. The zero-order valence-electron chi connectivity index (χ0n) is 15.9. The van der Waals surface area contributed by atoms with Crippen molar-refractivity contribution in [1.82, 2.24) is 9.21 Å². The van der Waals surface area contributed by atoms with E-state index < -0.39 is 23.0 Å². The Morgan fingerprint density at radius 3 is 2.04 bits per heavy atom. The van der Waals surface area contributed by atoms with Crippen LogP contribution in [0.4, 0.5) is 8.78 Å². The molecule has 0 radical (unpaired) electrons. The van der Waals surface area contributed by atoms with Crippen molar-refractivity contribution in [1.29, 1.82) is 0 Å². The Morgan fingerprint density at radius 2 is 1.54 bits per heavy atom. The molecule has 0 N–H and O–H groups in total. The van der Waals surface area contributed by atoms with Crippen LogP contribution in [0.5, 0.6) is 0 Å². The standard InChI is InChI=1S/C20H24F2N2O3S/c1-3-23(4-2)20(25)17-10-12-18(13-11-17)28(26,27)24(15-19(21)22)14-16-8-6-5-7-9-16/h5-13,19H,3-4,14-15H2,1-2H3. The van der Waals surface area contributed by atoms with E-state index in [1.165, 1.54) is 24.3 Å². The third-order valence-corrected chi connectivity index (χ3v) is 6.16. The summed E-state index contributed by atoms with van der Waals surface area (Å²) in [5.74, 6) is -0.206. The van der Waals surface area contributed by atoms with Gasteiger partial charge in [0, 0.05) is 25.2 Å². The highest BCUT2D eigenvalue weighted by Crippen LogP contribution is 2.21. The average molecular weight is 410 g/mol. The zero-order chi connectivity index (χ0) is 20.7. The average Bonchev–Trinajstić information content (AvgIpc) is 2.69. The summed E-state index contributed by atoms with van der Waals surface area (Å²) in [7, 11) is -4.14. The molecule has 0 heterocycles. The van der Waals surface area contributed by atoms with E-state index >= 15 is 0 Å². The summed E-state index contributed by atoms with van der Waals surface area (Å²) in [6.45, 7) is 3.71. The molecule has 0 saturated heterocycles. The Morgan fingerprint density at radius 1 is 0.964 bits per heavy atom. The van der Waals surface area contributed by atoms with Gasteiger partial charge in [0.1, 0.15) is 0 Å². The number of halogens is 2. The fraction of sp³-hybridized carbons (Fsp3) is 0.350. The van der Waals surface area contributed by atoms with Gasteiger partial charge in [-0.1, -0.05) is 30.3 Å². The molecule has 0 fully saturated rings. The number of hydrogen-bond donors (Lipinski definition) is 0. The lowest BCUT2D eigenvalue weighted by molar-refractivity contribution is 0.0773. The van der Waals surface area contributed by atoms with Gasteiger partial charge >= 0.3 is 0 Å². The van der Waals surface area contributed by atoms with Crippen molar-refractivity contribution in [3.05, 3.63) is 65.7 Å². The summed E-state index contributed by atoms with van der Waals surface area (Å²) in [6, 6.07) is 14.0. The SMILES string of the molecule is CCN(CC)C(=O)c1ccc(S(=O)(=O)N(Cc2ccccc2)CC(F)F)cc1. The van der Waals surface area contributed by atoms with Gasteiger partial charge in [-0.2, -0.15) is 4.31 Å². The van der Waals surface area contributed by atoms with E-state index in [1.807, 2.05) is 13.8 Å². The first-order valence-corrected chi connectivity index (χ1v) is 10.4. The first kappa shape index (κ1) is 22.0. The van der Waals surface area contributed by atoms with Gasteiger partial charge in [0.15, 0.2) is 0 Å². The smallest absolute Gasteiger partial charge is 0.253 e. The van der Waals surface area contributed by atoms with Crippen molar-refractivity contribution in [2.24, 2.45) is 0 Å². The Labute approximate surface area is 164 Å². The molecule has 0 saturated carbocycles. The fourth-order valence-electron chi connectivity index (χ4n) is 2.80. The van der Waals surface area contributed by atoms with E-state index in [2.05, 4.69) is 0 Å². The Kier molecular flexibility index (Phi) is 7.65. The van der Waals surface area contributed by atoms with E-state index in [0.717, 1.165) is 4.31 Å². The number of benzene rings is 2. The van der Waals surface area contributed by atoms with Crippen LogP contribution in [0.2, 0.25) is 0 Å². The maximum absolute atomic E-state index is 13.0. The molecule has 2 aromatic rings. The predicted molar refractivity (Wildman–Crippen MR) is 104 cm³/mol. The maximum Gasteiger partial charge on any atom is 0.253 e. The molecule has 152 valence electrons. The van der Waals surface area contributed by atoms with E-state index in [-0.39, 0.29) is 17.3 Å². The second kappa shape index (κ2) is 9.75. The summed E-state index contributed by atoms with van der Waals surface area (Å²) >= 11 is 0. The molecule has 28 heavy (non-hydrogen) atoms. The Balaban J connectivity index is 2.30. The first-order chi connectivity index (χ1) is 13.3. The van der Waals surface area contributed by atoms with E-state index in [4.69, 9.17) is 0 Å². The molecule has 0 unspecified atom stereocenters. The third-order valence-electron chi connectivity index (χ3n) is 4.33. The first-order valence-electron chi connectivity index (χ1n) is 9.01. The second-order valence-electron chi connectivity index (χ2n) is 6.18. The third kappa shape index (κ3) is 5.36. The second-order valence-corrected chi connectivity index (χ2v) is 8.11. The Hall–Kier alpha value is -2.32. The topological polar surface area (TPSA) is 57.7 Å². The van der Waals surface area contributed by atoms with Crippen molar-refractivity contribution in [2.75, 3.05) is 19.6 Å². The fourth-order valence-corrected chi connectivity index (χ4v) is 4.21. The molecule has 2 rings (SSSR count). The summed E-state index contributed by atoms with van der Waals surface area (Å²) in [6.07, 6.45) is -2.80. The molecule has 1 amide bonds. The van der Waals surface area contributed by atoms with Gasteiger partial charge in [-0.25, -0.2) is 17.2 Å². The minimum atomic E-state index is -4.14. The minimum Gasteiger partial charge on any atom is -0.339 e. The molecule has 8 heteroatoms. The maximum atomic E-state index is 13.0. The van der Waals surface area contributed by atoms with Gasteiger partial charge < -0.3 is 4.90 Å². The molecular formula is C20H24F2N2O3S. The number of alkyl halides is 2. The van der Waals surface area contributed by atoms with Crippen molar-refractivity contribution < 1.29 is 22.0 Å². The van der Waals surface area contributed by atoms with E-state index in [1.54, 1.807) is 35.2 Å². The van der Waals surface area contributed by atoms with E-state index in [9.17, 15) is 22.0 Å². The van der Waals surface area contributed by atoms with Gasteiger partial charge in [0.25, 0.3) is 12.3 Å². The van der Waals surface area contributed by atoms with Gasteiger partial charge in [0.05, 0.1) is 11.4 Å². The van der Waals surface area contributed by atoms with Gasteiger partial charge in [0.2, 0.25) is 10.0 Å². The number of amides is 1. The number of sulfonamides is 1. The summed E-state index contributed by atoms with van der Waals surface area (Å²) in [5, 5.41) is 0. The lowest BCUT2D eigenvalue weighted by Gasteiger charge is -2.22. The van der Waals surface area contributed by atoms with Gasteiger partial charge in [-0.15, -0.1) is 0 Å². The normalized spacial score (nSPS) is 11.8. The van der Waals surface area contributed by atoms with Crippen LogP contribution >= 0.6 is 0 Å². The number of carbonyl (C=O) groups excluding carboxylic acids is 1. The van der Waals surface area contributed by atoms with Crippen molar-refractivity contribution in [2.45, 2.75) is 31.7 Å². The van der Waals surface area contributed by atoms with Crippen molar-refractivity contribution in [3.63, 3.8) is 0 Å². The summed E-state index contributed by atoms with van der Waals surface area (Å²) in [4.78, 5) is 13.8. The van der Waals surface area contributed by atoms with E-state index in [0.29, 0.717) is 24.2 Å². The quantitative estimate of drug-likeness (QED) is 0.634. The largest absolute Gasteiger partial charge is 0.339 e. The van der Waals surface area contributed by atoms with Crippen LogP contribution in [0.1, 0.15) is 29.8 Å². The van der Waals surface area contributed by atoms with Crippen LogP contribution in [0.3, 0.4) is 0 Å². The molecule has 0 aromatic heterocycles. The van der Waals surface area contributed by atoms with Crippen LogP contribution < -0.4 is 0 Å². The summed E-state index contributed by atoms with van der Waals surface area (Å²) in [5.41, 5.74) is 0.964. The number of hydrogen-bond acceptors (Lipinski definition) is 3. The van der Waals surface area contributed by atoms with Gasteiger partial charge in [-0.3, -0.25) is 4.79 Å². The van der Waals surface area contributed by atoms with Crippen LogP contribution in [0.15, 0.2) is 59.5 Å². The molecule has 2 aromatic carbocycles. The van der Waals surface area contributed by atoms with Crippen LogP contribution in [0, 0.1) is 0 Å². The molecule has 0 spiro atoms. The molecule has 5 nitrogen and oxygen atoms in total. The van der Waals surface area contributed by atoms with Gasteiger partial charge in [-0.05, 0) is 43.7 Å². The minimum absolute atomic E-state index is 0.125. The lowest BCUT2D eigenvalue weighted by Crippen LogP contribution is -2.34. The monoisotopic (exact) mass is 410 g/mol. The van der Waals surface area contributed by atoms with Crippen LogP contribution in [-0.4, -0.2) is 49.6 Å². The zero-order valence-corrected chi connectivity index (χ0v) is 16.7. The van der Waals surface area contributed by atoms with Crippen LogP contribution in [-0.2, 0) is 16.6 Å². The molecule has 0 aliphatic rings. The number of rotatable bonds is 9. The lowest BCUT2D eigenvalue weighted by atomic mass is 10.2. The molecular weight excluding hydrogens is 386 g/mol. The number of carbonyl (C=O) groups is 1. The highest BCUT2D eigenvalue weighted by Gasteiger charge is 2.28. The van der Waals surface area contributed by atoms with Crippen molar-refractivity contribution >= 4 is 15.9 Å². The predicted octanol–water partition coefficient (Wildman–Crippen LogP) is 3.62. The summed E-state index contributed by atoms with van der Waals surface area (Å²) < 4.78 is 52.6. The molecule has 0 aliphatic heterocycles. The highest BCUT2D eigenvalue weighted by molar-refractivity contribution is 7.89. The number of nitrogens with zero attached hydrogens (tertiary/aromatic N) is 2.